The molecule has 3 heteroatoms. The Bertz CT molecular complexity index is 600. The molecule has 0 saturated heterocycles. The fourth-order valence-electron chi connectivity index (χ4n) is 1.60. The van der Waals surface area contributed by atoms with Crippen LogP contribution in [0.2, 0.25) is 0 Å². The first-order chi connectivity index (χ1) is 8.69. The molecule has 2 aromatic rings. The second-order valence-electron chi connectivity index (χ2n) is 4.20. The zero-order valence-corrected chi connectivity index (χ0v) is 10.5. The normalized spacial score (nSPS) is 9.83. The van der Waals surface area contributed by atoms with Crippen molar-refractivity contribution in [2.24, 2.45) is 0 Å². The summed E-state index contributed by atoms with van der Waals surface area (Å²) in [5.74, 6) is 0.841. The fraction of sp³-hybridized carbons (Fsp3) is 0.200. The largest absolute Gasteiger partial charge is 0.489 e. The molecule has 3 nitrogen and oxygen atoms in total. The number of pyridine rings is 1. The first kappa shape index (κ1) is 12.1. The summed E-state index contributed by atoms with van der Waals surface area (Å²) in [6.07, 6.45) is 1.62. The highest BCUT2D eigenvalue weighted by molar-refractivity contribution is 5.34. The van der Waals surface area contributed by atoms with Gasteiger partial charge in [-0.3, -0.25) is 0 Å². The lowest BCUT2D eigenvalue weighted by Gasteiger charge is -2.08. The van der Waals surface area contributed by atoms with E-state index in [0.717, 1.165) is 11.3 Å². The van der Waals surface area contributed by atoms with Gasteiger partial charge in [-0.2, -0.15) is 5.26 Å². The van der Waals surface area contributed by atoms with Crippen LogP contribution in [0.3, 0.4) is 0 Å². The van der Waals surface area contributed by atoms with Crippen molar-refractivity contribution in [1.82, 2.24) is 4.98 Å². The van der Waals surface area contributed by atoms with Crippen LogP contribution in [-0.2, 0) is 6.61 Å². The van der Waals surface area contributed by atoms with Gasteiger partial charge in [0.1, 0.15) is 24.1 Å². The highest BCUT2D eigenvalue weighted by Gasteiger charge is 2.00. The lowest BCUT2D eigenvalue weighted by molar-refractivity contribution is 0.306. The lowest BCUT2D eigenvalue weighted by atomic mass is 10.1. The first-order valence-corrected chi connectivity index (χ1v) is 5.74. The van der Waals surface area contributed by atoms with Crippen LogP contribution in [0.1, 0.15) is 22.4 Å². The number of aryl methyl sites for hydroxylation is 2. The van der Waals surface area contributed by atoms with Crippen molar-refractivity contribution in [1.29, 1.82) is 5.26 Å². The fourth-order valence-corrected chi connectivity index (χ4v) is 1.60. The van der Waals surface area contributed by atoms with Gasteiger partial charge in [-0.1, -0.05) is 6.07 Å². The van der Waals surface area contributed by atoms with Crippen LogP contribution < -0.4 is 4.74 Å². The van der Waals surface area contributed by atoms with E-state index in [4.69, 9.17) is 10.00 Å². The molecule has 0 radical (unpaired) electrons. The Kier molecular flexibility index (Phi) is 3.59. The van der Waals surface area contributed by atoms with E-state index in [-0.39, 0.29) is 0 Å². The quantitative estimate of drug-likeness (QED) is 0.825. The maximum absolute atomic E-state index is 8.76. The van der Waals surface area contributed by atoms with Gasteiger partial charge in [0.05, 0.1) is 0 Å². The Morgan fingerprint density at radius 2 is 2.00 bits per heavy atom. The van der Waals surface area contributed by atoms with Crippen molar-refractivity contribution >= 4 is 0 Å². The van der Waals surface area contributed by atoms with E-state index >= 15 is 0 Å². The number of hydrogen-bond acceptors (Lipinski definition) is 3. The molecule has 90 valence electrons. The molecule has 0 N–H and O–H groups in total. The van der Waals surface area contributed by atoms with Crippen LogP contribution in [0.15, 0.2) is 36.5 Å². The van der Waals surface area contributed by atoms with E-state index in [1.807, 2.05) is 30.3 Å². The number of rotatable bonds is 3. The second-order valence-corrected chi connectivity index (χ2v) is 4.20. The Labute approximate surface area is 107 Å². The van der Waals surface area contributed by atoms with Gasteiger partial charge >= 0.3 is 0 Å². The van der Waals surface area contributed by atoms with Crippen molar-refractivity contribution < 1.29 is 4.74 Å². The number of aromatic nitrogens is 1. The van der Waals surface area contributed by atoms with Crippen molar-refractivity contribution in [3.8, 4) is 11.8 Å². The van der Waals surface area contributed by atoms with Gasteiger partial charge in [0, 0.05) is 6.20 Å². The summed E-state index contributed by atoms with van der Waals surface area (Å²) in [5, 5.41) is 8.76. The van der Waals surface area contributed by atoms with Crippen molar-refractivity contribution in [2.75, 3.05) is 0 Å². The summed E-state index contributed by atoms with van der Waals surface area (Å²) in [7, 11) is 0. The van der Waals surface area contributed by atoms with Crippen molar-refractivity contribution in [3.63, 3.8) is 0 Å². The molecule has 0 atom stereocenters. The van der Waals surface area contributed by atoms with Gasteiger partial charge in [0.15, 0.2) is 0 Å². The van der Waals surface area contributed by atoms with Gasteiger partial charge in [0.25, 0.3) is 0 Å². The van der Waals surface area contributed by atoms with Crippen LogP contribution >= 0.6 is 0 Å². The summed E-state index contributed by atoms with van der Waals surface area (Å²) in [6.45, 7) is 4.57. The Morgan fingerprint density at radius 1 is 1.17 bits per heavy atom. The molecular weight excluding hydrogens is 224 g/mol. The molecule has 0 fully saturated rings. The van der Waals surface area contributed by atoms with E-state index in [9.17, 15) is 0 Å². The minimum absolute atomic E-state index is 0.413. The molecule has 1 heterocycles. The average Bonchev–Trinajstić information content (AvgIpc) is 2.40. The minimum Gasteiger partial charge on any atom is -0.489 e. The van der Waals surface area contributed by atoms with Gasteiger partial charge in [-0.05, 0) is 54.8 Å². The van der Waals surface area contributed by atoms with Gasteiger partial charge in [0.2, 0.25) is 0 Å². The van der Waals surface area contributed by atoms with Crippen molar-refractivity contribution in [2.45, 2.75) is 20.5 Å². The molecule has 0 aliphatic rings. The number of ether oxygens (including phenoxy) is 1. The molecule has 0 aliphatic heterocycles. The molecule has 1 aromatic heterocycles. The molecule has 2 rings (SSSR count). The summed E-state index contributed by atoms with van der Waals surface area (Å²) in [4.78, 5) is 3.92. The molecule has 0 saturated carbocycles. The van der Waals surface area contributed by atoms with E-state index in [1.54, 1.807) is 12.3 Å². The maximum Gasteiger partial charge on any atom is 0.140 e. The molecule has 0 aliphatic carbocycles. The standard InChI is InChI=1S/C15H14N2O/c1-11-3-4-15(7-12(11)2)18-10-13-5-6-17-14(8-13)9-16/h3-8H,10H2,1-2H3. The maximum atomic E-state index is 8.76. The third kappa shape index (κ3) is 2.86. The molecule has 0 spiro atoms. The highest BCUT2D eigenvalue weighted by atomic mass is 16.5. The summed E-state index contributed by atoms with van der Waals surface area (Å²) >= 11 is 0. The zero-order valence-electron chi connectivity index (χ0n) is 10.5. The van der Waals surface area contributed by atoms with E-state index in [1.165, 1.54) is 11.1 Å². The second kappa shape index (κ2) is 5.33. The lowest BCUT2D eigenvalue weighted by Crippen LogP contribution is -1.97. The topological polar surface area (TPSA) is 45.9 Å². The monoisotopic (exact) mass is 238 g/mol. The van der Waals surface area contributed by atoms with Gasteiger partial charge < -0.3 is 4.74 Å². The summed E-state index contributed by atoms with van der Waals surface area (Å²) in [5.41, 5.74) is 3.81. The number of benzene rings is 1. The zero-order chi connectivity index (χ0) is 13.0. The Morgan fingerprint density at radius 3 is 2.72 bits per heavy atom. The molecule has 18 heavy (non-hydrogen) atoms. The minimum atomic E-state index is 0.413. The first-order valence-electron chi connectivity index (χ1n) is 5.74. The molecule has 0 amide bonds. The Balaban J connectivity index is 2.07. The summed E-state index contributed by atoms with van der Waals surface area (Å²) in [6, 6.07) is 11.6. The number of hydrogen-bond donors (Lipinski definition) is 0. The average molecular weight is 238 g/mol. The van der Waals surface area contributed by atoms with E-state index in [0.29, 0.717) is 12.3 Å². The summed E-state index contributed by atoms with van der Waals surface area (Å²) < 4.78 is 5.69. The smallest absolute Gasteiger partial charge is 0.140 e. The molecule has 1 aromatic carbocycles. The Hall–Kier alpha value is -2.34. The SMILES string of the molecule is Cc1ccc(OCc2ccnc(C#N)c2)cc1C. The third-order valence-electron chi connectivity index (χ3n) is 2.82. The molecular formula is C15H14N2O. The number of nitriles is 1. The predicted octanol–water partition coefficient (Wildman–Crippen LogP) is 3.15. The van der Waals surface area contributed by atoms with Crippen LogP contribution in [0.25, 0.3) is 0 Å². The molecule has 0 unspecified atom stereocenters. The van der Waals surface area contributed by atoms with Crippen molar-refractivity contribution in [3.05, 3.63) is 58.9 Å². The molecule has 0 bridgehead atoms. The predicted molar refractivity (Wildman–Crippen MR) is 69.2 cm³/mol. The highest BCUT2D eigenvalue weighted by Crippen LogP contribution is 2.17. The van der Waals surface area contributed by atoms with Gasteiger partial charge in [-0.15, -0.1) is 0 Å². The van der Waals surface area contributed by atoms with Crippen LogP contribution in [0, 0.1) is 25.2 Å². The van der Waals surface area contributed by atoms with Crippen LogP contribution in [0.5, 0.6) is 5.75 Å². The van der Waals surface area contributed by atoms with E-state index < -0.39 is 0 Å². The van der Waals surface area contributed by atoms with Gasteiger partial charge in [-0.25, -0.2) is 4.98 Å². The van der Waals surface area contributed by atoms with Crippen LogP contribution in [-0.4, -0.2) is 4.98 Å². The third-order valence-corrected chi connectivity index (χ3v) is 2.82. The van der Waals surface area contributed by atoms with E-state index in [2.05, 4.69) is 18.8 Å². The number of nitrogens with zero attached hydrogens (tertiary/aromatic N) is 2. The van der Waals surface area contributed by atoms with Crippen LogP contribution in [0.4, 0.5) is 0 Å².